The second-order valence-corrected chi connectivity index (χ2v) is 6.32. The predicted molar refractivity (Wildman–Crippen MR) is 78.0 cm³/mol. The van der Waals surface area contributed by atoms with Crippen LogP contribution in [0.2, 0.25) is 0 Å². The number of benzene rings is 1. The normalized spacial score (nSPS) is 21.9. The largest absolute Gasteiger partial charge is 0.309 e. The summed E-state index contributed by atoms with van der Waals surface area (Å²) >= 11 is 0. The molecule has 0 aromatic heterocycles. The van der Waals surface area contributed by atoms with Gasteiger partial charge in [-0.25, -0.2) is 0 Å². The van der Waals surface area contributed by atoms with Crippen LogP contribution in [-0.2, 0) is 5.41 Å². The molecule has 0 fully saturated rings. The van der Waals surface area contributed by atoms with E-state index in [0.717, 1.165) is 13.1 Å². The van der Waals surface area contributed by atoms with Crippen LogP contribution in [-0.4, -0.2) is 32.1 Å². The fourth-order valence-corrected chi connectivity index (χ4v) is 2.89. The zero-order valence-electron chi connectivity index (χ0n) is 12.2. The molecule has 1 aromatic carbocycles. The second-order valence-electron chi connectivity index (χ2n) is 6.32. The van der Waals surface area contributed by atoms with Gasteiger partial charge in [0.25, 0.3) is 0 Å². The van der Waals surface area contributed by atoms with E-state index in [0.29, 0.717) is 11.5 Å². The lowest BCUT2D eigenvalue weighted by molar-refractivity contribution is 0.336. The van der Waals surface area contributed by atoms with Crippen LogP contribution < -0.4 is 5.32 Å². The molecule has 0 radical (unpaired) electrons. The van der Waals surface area contributed by atoms with E-state index in [2.05, 4.69) is 62.4 Å². The minimum absolute atomic E-state index is 0.330. The van der Waals surface area contributed by atoms with Crippen molar-refractivity contribution in [3.05, 3.63) is 35.4 Å². The minimum Gasteiger partial charge on any atom is -0.309 e. The second kappa shape index (κ2) is 5.41. The Hall–Kier alpha value is -0.860. The van der Waals surface area contributed by atoms with E-state index in [1.165, 1.54) is 24.0 Å². The van der Waals surface area contributed by atoms with Gasteiger partial charge in [-0.05, 0) is 43.5 Å². The van der Waals surface area contributed by atoms with Gasteiger partial charge in [0.1, 0.15) is 0 Å². The van der Waals surface area contributed by atoms with Crippen molar-refractivity contribution < 1.29 is 0 Å². The van der Waals surface area contributed by atoms with Crippen LogP contribution in [0.3, 0.4) is 0 Å². The molecular formula is C16H26N2. The number of hydrogen-bond acceptors (Lipinski definition) is 2. The average molecular weight is 246 g/mol. The molecule has 1 N–H and O–H groups in total. The molecule has 18 heavy (non-hydrogen) atoms. The number of rotatable bonds is 4. The van der Waals surface area contributed by atoms with Crippen molar-refractivity contribution in [2.45, 2.75) is 38.1 Å². The zero-order chi connectivity index (χ0) is 13.2. The van der Waals surface area contributed by atoms with E-state index in [9.17, 15) is 0 Å². The quantitative estimate of drug-likeness (QED) is 0.878. The lowest BCUT2D eigenvalue weighted by Crippen LogP contribution is -2.35. The smallest absolute Gasteiger partial charge is 0.0324 e. The van der Waals surface area contributed by atoms with Gasteiger partial charge in [0.2, 0.25) is 0 Å². The van der Waals surface area contributed by atoms with Crippen LogP contribution in [0.25, 0.3) is 0 Å². The Kier molecular flexibility index (Phi) is 4.08. The molecule has 1 unspecified atom stereocenters. The third kappa shape index (κ3) is 2.93. The summed E-state index contributed by atoms with van der Waals surface area (Å²) in [6, 6.07) is 9.47. The summed E-state index contributed by atoms with van der Waals surface area (Å²) in [4.78, 5) is 2.23. The highest BCUT2D eigenvalue weighted by Gasteiger charge is 2.31. The summed E-state index contributed by atoms with van der Waals surface area (Å²) in [7, 11) is 4.25. The summed E-state index contributed by atoms with van der Waals surface area (Å²) in [5.74, 6) is 0. The van der Waals surface area contributed by atoms with Gasteiger partial charge in [0.15, 0.2) is 0 Å². The van der Waals surface area contributed by atoms with Gasteiger partial charge < -0.3 is 10.2 Å². The molecule has 0 saturated carbocycles. The van der Waals surface area contributed by atoms with Crippen molar-refractivity contribution >= 4 is 0 Å². The van der Waals surface area contributed by atoms with E-state index in [1.807, 2.05) is 0 Å². The lowest BCUT2D eigenvalue weighted by Gasteiger charge is -2.37. The van der Waals surface area contributed by atoms with Gasteiger partial charge in [-0.2, -0.15) is 0 Å². The van der Waals surface area contributed by atoms with Crippen molar-refractivity contribution in [1.82, 2.24) is 10.2 Å². The van der Waals surface area contributed by atoms with Gasteiger partial charge in [-0.1, -0.05) is 38.1 Å². The maximum absolute atomic E-state index is 3.71. The Morgan fingerprint density at radius 3 is 2.72 bits per heavy atom. The van der Waals surface area contributed by atoms with Crippen LogP contribution >= 0.6 is 0 Å². The van der Waals surface area contributed by atoms with Crippen molar-refractivity contribution in [3.8, 4) is 0 Å². The summed E-state index contributed by atoms with van der Waals surface area (Å²) < 4.78 is 0. The lowest BCUT2D eigenvalue weighted by atomic mass is 9.71. The third-order valence-electron chi connectivity index (χ3n) is 4.07. The molecule has 1 aliphatic carbocycles. The fourth-order valence-electron chi connectivity index (χ4n) is 2.89. The number of fused-ring (bicyclic) bond motifs is 1. The molecule has 0 spiro atoms. The molecule has 2 heteroatoms. The highest BCUT2D eigenvalue weighted by atomic mass is 15.1. The van der Waals surface area contributed by atoms with Gasteiger partial charge in [0, 0.05) is 19.1 Å². The van der Waals surface area contributed by atoms with E-state index < -0.39 is 0 Å². The predicted octanol–water partition coefficient (Wildman–Crippen LogP) is 2.95. The molecule has 100 valence electrons. The highest BCUT2D eigenvalue weighted by Crippen LogP contribution is 2.41. The Morgan fingerprint density at radius 1 is 1.28 bits per heavy atom. The SMILES string of the molecule is CN(C)CCNC1CCC(C)(C)c2ccccc21. The summed E-state index contributed by atoms with van der Waals surface area (Å²) in [6.07, 6.45) is 2.51. The monoisotopic (exact) mass is 246 g/mol. The van der Waals surface area contributed by atoms with Gasteiger partial charge in [-0.15, -0.1) is 0 Å². The van der Waals surface area contributed by atoms with Crippen LogP contribution in [0.15, 0.2) is 24.3 Å². The Balaban J connectivity index is 2.11. The van der Waals surface area contributed by atoms with Crippen LogP contribution in [0, 0.1) is 0 Å². The fraction of sp³-hybridized carbons (Fsp3) is 0.625. The third-order valence-corrected chi connectivity index (χ3v) is 4.07. The molecule has 0 bridgehead atoms. The first-order valence-corrected chi connectivity index (χ1v) is 6.98. The summed E-state index contributed by atoms with van der Waals surface area (Å²) in [6.45, 7) is 6.89. The minimum atomic E-state index is 0.330. The van der Waals surface area contributed by atoms with E-state index in [1.54, 1.807) is 0 Å². The standard InChI is InChI=1S/C16H26N2/c1-16(2)10-9-15(17-11-12-18(3)4)13-7-5-6-8-14(13)16/h5-8,15,17H,9-12H2,1-4H3. The molecule has 1 aliphatic rings. The number of nitrogens with zero attached hydrogens (tertiary/aromatic N) is 1. The molecule has 0 amide bonds. The van der Waals surface area contributed by atoms with Crippen LogP contribution in [0.5, 0.6) is 0 Å². The van der Waals surface area contributed by atoms with Gasteiger partial charge in [-0.3, -0.25) is 0 Å². The maximum Gasteiger partial charge on any atom is 0.0324 e. The maximum atomic E-state index is 3.71. The van der Waals surface area contributed by atoms with Crippen molar-refractivity contribution in [2.75, 3.05) is 27.2 Å². The Labute approximate surface area is 111 Å². The Bertz CT molecular complexity index is 396. The molecule has 0 heterocycles. The first-order chi connectivity index (χ1) is 8.50. The molecule has 2 nitrogen and oxygen atoms in total. The Morgan fingerprint density at radius 2 is 2.00 bits per heavy atom. The number of nitrogens with one attached hydrogen (secondary N) is 1. The first kappa shape index (κ1) is 13.6. The molecule has 2 rings (SSSR count). The van der Waals surface area contributed by atoms with E-state index in [4.69, 9.17) is 0 Å². The van der Waals surface area contributed by atoms with E-state index >= 15 is 0 Å². The topological polar surface area (TPSA) is 15.3 Å². The molecule has 0 saturated heterocycles. The molecule has 1 atom stereocenters. The number of hydrogen-bond donors (Lipinski definition) is 1. The molecule has 0 aliphatic heterocycles. The molecular weight excluding hydrogens is 220 g/mol. The van der Waals surface area contributed by atoms with Gasteiger partial charge in [0.05, 0.1) is 0 Å². The first-order valence-electron chi connectivity index (χ1n) is 6.98. The van der Waals surface area contributed by atoms with Gasteiger partial charge >= 0.3 is 0 Å². The summed E-state index contributed by atoms with van der Waals surface area (Å²) in [5.41, 5.74) is 3.36. The van der Waals surface area contributed by atoms with E-state index in [-0.39, 0.29) is 0 Å². The number of likely N-dealkylation sites (N-methyl/N-ethyl adjacent to an activating group) is 1. The van der Waals surface area contributed by atoms with Crippen molar-refractivity contribution in [1.29, 1.82) is 0 Å². The summed E-state index contributed by atoms with van der Waals surface area (Å²) in [5, 5.41) is 3.71. The van der Waals surface area contributed by atoms with Crippen LogP contribution in [0.4, 0.5) is 0 Å². The average Bonchev–Trinajstić information content (AvgIpc) is 2.32. The highest BCUT2D eigenvalue weighted by molar-refractivity contribution is 5.38. The van der Waals surface area contributed by atoms with Crippen molar-refractivity contribution in [3.63, 3.8) is 0 Å². The molecule has 1 aromatic rings. The van der Waals surface area contributed by atoms with Crippen LogP contribution in [0.1, 0.15) is 43.9 Å². The zero-order valence-corrected chi connectivity index (χ0v) is 12.2. The van der Waals surface area contributed by atoms with Crippen molar-refractivity contribution in [2.24, 2.45) is 0 Å².